The first-order valence-corrected chi connectivity index (χ1v) is 7.15. The molecule has 0 aromatic heterocycles. The van der Waals surface area contributed by atoms with Gasteiger partial charge in [-0.15, -0.1) is 0 Å². The molecule has 0 heterocycles. The molecule has 17 heavy (non-hydrogen) atoms. The Kier molecular flexibility index (Phi) is 5.46. The summed E-state index contributed by atoms with van der Waals surface area (Å²) < 4.78 is 31.1. The lowest BCUT2D eigenvalue weighted by Crippen LogP contribution is -2.21. The van der Waals surface area contributed by atoms with E-state index in [4.69, 9.17) is 4.74 Å². The van der Waals surface area contributed by atoms with Crippen LogP contribution in [0.25, 0.3) is 0 Å². The van der Waals surface area contributed by atoms with Crippen molar-refractivity contribution in [2.45, 2.75) is 58.5 Å². The van der Waals surface area contributed by atoms with E-state index in [-0.39, 0.29) is 12.2 Å². The average Bonchev–Trinajstić information content (AvgIpc) is 2.17. The van der Waals surface area contributed by atoms with E-state index in [1.807, 2.05) is 20.8 Å². The molecule has 0 aromatic carbocycles. The first kappa shape index (κ1) is 14.5. The van der Waals surface area contributed by atoms with Crippen LogP contribution in [-0.4, -0.2) is 20.6 Å². The second-order valence-electron chi connectivity index (χ2n) is 5.26. The first-order chi connectivity index (χ1) is 7.88. The number of hydrogen-bond acceptors (Lipinski definition) is 4. The molecule has 0 radical (unpaired) electrons. The minimum Gasteiger partial charge on any atom is -0.493 e. The summed E-state index contributed by atoms with van der Waals surface area (Å²) in [6.07, 6.45) is 4.89. The van der Waals surface area contributed by atoms with E-state index in [1.54, 1.807) is 0 Å². The van der Waals surface area contributed by atoms with Crippen molar-refractivity contribution in [1.29, 1.82) is 0 Å². The molecule has 0 aromatic rings. The van der Waals surface area contributed by atoms with Gasteiger partial charge in [0, 0.05) is 6.42 Å². The lowest BCUT2D eigenvalue weighted by Gasteiger charge is -2.28. The number of allylic oxidation sites excluding steroid dienone is 1. The molecular weight excluding hydrogens is 240 g/mol. The van der Waals surface area contributed by atoms with Crippen LogP contribution in [0.5, 0.6) is 0 Å². The van der Waals surface area contributed by atoms with Crippen molar-refractivity contribution in [3.63, 3.8) is 0 Å². The Hall–Kier alpha value is -0.550. The van der Waals surface area contributed by atoms with E-state index < -0.39 is 11.0 Å². The molecule has 1 rings (SSSR count). The molecule has 5 heteroatoms. The second-order valence-corrected chi connectivity index (χ2v) is 5.96. The Morgan fingerprint density at radius 1 is 1.18 bits per heavy atom. The SMILES string of the molecule is CC(C)(C)OC1=C(CCO[SH](=O)=O)CCCC1. The van der Waals surface area contributed by atoms with Gasteiger partial charge < -0.3 is 4.74 Å². The zero-order chi connectivity index (χ0) is 12.9. The van der Waals surface area contributed by atoms with Crippen LogP contribution in [0.3, 0.4) is 0 Å². The zero-order valence-corrected chi connectivity index (χ0v) is 11.7. The highest BCUT2D eigenvalue weighted by molar-refractivity contribution is 7.67. The summed E-state index contributed by atoms with van der Waals surface area (Å²) in [6, 6.07) is 0. The van der Waals surface area contributed by atoms with Crippen LogP contribution in [0.2, 0.25) is 0 Å². The van der Waals surface area contributed by atoms with Gasteiger partial charge in [0.25, 0.3) is 11.0 Å². The molecule has 0 atom stereocenters. The van der Waals surface area contributed by atoms with E-state index in [2.05, 4.69) is 4.18 Å². The summed E-state index contributed by atoms with van der Waals surface area (Å²) in [5.74, 6) is 1.04. The van der Waals surface area contributed by atoms with Gasteiger partial charge in [0.1, 0.15) is 5.60 Å². The summed E-state index contributed by atoms with van der Waals surface area (Å²) in [6.45, 7) is 6.30. The van der Waals surface area contributed by atoms with Gasteiger partial charge in [-0.25, -0.2) is 8.42 Å². The molecule has 0 saturated heterocycles. The smallest absolute Gasteiger partial charge is 0.257 e. The van der Waals surface area contributed by atoms with E-state index >= 15 is 0 Å². The van der Waals surface area contributed by atoms with E-state index in [0.717, 1.165) is 31.4 Å². The molecule has 1 aliphatic rings. The van der Waals surface area contributed by atoms with Crippen molar-refractivity contribution < 1.29 is 17.3 Å². The number of thiol groups is 1. The van der Waals surface area contributed by atoms with Gasteiger partial charge in [0.15, 0.2) is 0 Å². The normalized spacial score (nSPS) is 17.6. The molecular formula is C12H22O4S. The summed E-state index contributed by atoms with van der Waals surface area (Å²) >= 11 is 0. The predicted molar refractivity (Wildman–Crippen MR) is 67.2 cm³/mol. The van der Waals surface area contributed by atoms with E-state index in [9.17, 15) is 8.42 Å². The number of rotatable bonds is 5. The lowest BCUT2D eigenvalue weighted by molar-refractivity contribution is 0.0408. The molecule has 0 amide bonds. The van der Waals surface area contributed by atoms with E-state index in [0.29, 0.717) is 6.42 Å². The largest absolute Gasteiger partial charge is 0.493 e. The maximum Gasteiger partial charge on any atom is 0.257 e. The first-order valence-electron chi connectivity index (χ1n) is 6.06. The fourth-order valence-electron chi connectivity index (χ4n) is 1.94. The fraction of sp³-hybridized carbons (Fsp3) is 0.833. The molecule has 0 N–H and O–H groups in total. The Labute approximate surface area is 105 Å². The van der Waals surface area contributed by atoms with Crippen molar-refractivity contribution in [1.82, 2.24) is 0 Å². The summed E-state index contributed by atoms with van der Waals surface area (Å²) in [5, 5.41) is 0. The monoisotopic (exact) mass is 262 g/mol. The minimum absolute atomic E-state index is 0.192. The van der Waals surface area contributed by atoms with Gasteiger partial charge >= 0.3 is 0 Å². The van der Waals surface area contributed by atoms with Crippen molar-refractivity contribution in [3.05, 3.63) is 11.3 Å². The summed E-state index contributed by atoms with van der Waals surface area (Å²) in [4.78, 5) is 0. The standard InChI is InChI=1S/C12H22O4S/c1-12(2,3)16-11-7-5-4-6-10(11)8-9-15-17(13)14/h17H,4-9H2,1-3H3. The van der Waals surface area contributed by atoms with Crippen LogP contribution in [0.4, 0.5) is 0 Å². The van der Waals surface area contributed by atoms with Gasteiger partial charge in [-0.05, 0) is 52.0 Å². The summed E-state index contributed by atoms with van der Waals surface area (Å²) in [7, 11) is -2.73. The van der Waals surface area contributed by atoms with Gasteiger partial charge in [-0.1, -0.05) is 0 Å². The Balaban J connectivity index is 2.60. The number of ether oxygens (including phenoxy) is 1. The van der Waals surface area contributed by atoms with Gasteiger partial charge in [0.2, 0.25) is 0 Å². The quantitative estimate of drug-likeness (QED) is 0.774. The van der Waals surface area contributed by atoms with Crippen LogP contribution in [-0.2, 0) is 19.9 Å². The molecule has 100 valence electrons. The molecule has 0 bridgehead atoms. The highest BCUT2D eigenvalue weighted by atomic mass is 32.2. The van der Waals surface area contributed by atoms with Crippen LogP contribution in [0.15, 0.2) is 11.3 Å². The van der Waals surface area contributed by atoms with Crippen molar-refractivity contribution in [3.8, 4) is 0 Å². The van der Waals surface area contributed by atoms with Crippen molar-refractivity contribution >= 4 is 11.0 Å². The molecule has 0 saturated carbocycles. The van der Waals surface area contributed by atoms with Crippen molar-refractivity contribution in [2.24, 2.45) is 0 Å². The number of hydrogen-bond donors (Lipinski definition) is 1. The highest BCUT2D eigenvalue weighted by Gasteiger charge is 2.19. The van der Waals surface area contributed by atoms with Gasteiger partial charge in [0.05, 0.1) is 12.4 Å². The maximum atomic E-state index is 10.3. The van der Waals surface area contributed by atoms with Gasteiger partial charge in [-0.2, -0.15) is 0 Å². The van der Waals surface area contributed by atoms with Crippen LogP contribution in [0.1, 0.15) is 52.9 Å². The molecule has 0 aliphatic heterocycles. The second kappa shape index (κ2) is 6.40. The fourth-order valence-corrected chi connectivity index (χ4v) is 2.18. The van der Waals surface area contributed by atoms with Crippen LogP contribution < -0.4 is 0 Å². The minimum atomic E-state index is -2.73. The predicted octanol–water partition coefficient (Wildman–Crippen LogP) is 2.56. The maximum absolute atomic E-state index is 10.3. The van der Waals surface area contributed by atoms with Crippen LogP contribution in [0, 0.1) is 0 Å². The molecule has 0 spiro atoms. The summed E-state index contributed by atoms with van der Waals surface area (Å²) in [5.41, 5.74) is 1.02. The van der Waals surface area contributed by atoms with Crippen molar-refractivity contribution in [2.75, 3.05) is 6.61 Å². The molecule has 1 aliphatic carbocycles. The Bertz CT molecular complexity index is 342. The Morgan fingerprint density at radius 3 is 2.41 bits per heavy atom. The molecule has 0 unspecified atom stereocenters. The highest BCUT2D eigenvalue weighted by Crippen LogP contribution is 2.30. The molecule has 0 fully saturated rings. The van der Waals surface area contributed by atoms with Gasteiger partial charge in [-0.3, -0.25) is 4.18 Å². The zero-order valence-electron chi connectivity index (χ0n) is 10.8. The third-order valence-electron chi connectivity index (χ3n) is 2.56. The molecule has 4 nitrogen and oxygen atoms in total. The third-order valence-corrected chi connectivity index (χ3v) is 2.95. The third kappa shape index (κ3) is 6.07. The lowest BCUT2D eigenvalue weighted by atomic mass is 9.95. The topological polar surface area (TPSA) is 52.6 Å². The van der Waals surface area contributed by atoms with Crippen LogP contribution >= 0.6 is 0 Å². The average molecular weight is 262 g/mol. The van der Waals surface area contributed by atoms with E-state index in [1.165, 1.54) is 5.57 Å². The Morgan fingerprint density at radius 2 is 1.82 bits per heavy atom.